The van der Waals surface area contributed by atoms with Crippen LogP contribution in [0.1, 0.15) is 11.5 Å². The molecule has 1 heterocycles. The fourth-order valence-electron chi connectivity index (χ4n) is 3.35. The van der Waals surface area contributed by atoms with Gasteiger partial charge >= 0.3 is 0 Å². The van der Waals surface area contributed by atoms with E-state index in [1.165, 1.54) is 22.4 Å². The maximum atomic E-state index is 2.46. The van der Waals surface area contributed by atoms with Gasteiger partial charge in [0.15, 0.2) is 0 Å². The molecule has 0 bridgehead atoms. The Bertz CT molecular complexity index is 703. The molecule has 0 saturated heterocycles. The van der Waals surface area contributed by atoms with Crippen LogP contribution in [-0.2, 0) is 0 Å². The van der Waals surface area contributed by atoms with Gasteiger partial charge in [-0.25, -0.2) is 0 Å². The van der Waals surface area contributed by atoms with Crippen LogP contribution in [-0.4, -0.2) is 13.9 Å². The molecule has 2 aromatic carbocycles. The smallest absolute Gasteiger partial charge is 0.139 e. The van der Waals surface area contributed by atoms with Crippen molar-refractivity contribution in [1.82, 2.24) is 0 Å². The highest BCUT2D eigenvalue weighted by Crippen LogP contribution is 2.46. The maximum Gasteiger partial charge on any atom is 0.139 e. The van der Waals surface area contributed by atoms with Gasteiger partial charge in [-0.15, -0.1) is 0 Å². The van der Waals surface area contributed by atoms with E-state index in [9.17, 15) is 0 Å². The Morgan fingerprint density at radius 2 is 1.70 bits per heavy atom. The molecule has 1 aliphatic carbocycles. The molecule has 2 heteroatoms. The topological polar surface area (TPSA) is 3.24 Å². The summed E-state index contributed by atoms with van der Waals surface area (Å²) >= 11 is 0. The standard InChI is InChI=1S/C18H16BN/c19-13-10-11-18-16(12-13)15-8-4-5-9-17(15)20(18)14-6-2-1-3-7-14/h1-12,15,17H,19H2. The van der Waals surface area contributed by atoms with E-state index in [0.29, 0.717) is 12.0 Å². The first-order chi connectivity index (χ1) is 9.84. The summed E-state index contributed by atoms with van der Waals surface area (Å²) in [5.41, 5.74) is 5.39. The van der Waals surface area contributed by atoms with Crippen molar-refractivity contribution in [2.24, 2.45) is 0 Å². The number of para-hydroxylation sites is 1. The normalized spacial score (nSPS) is 22.7. The van der Waals surface area contributed by atoms with Gasteiger partial charge in [-0.3, -0.25) is 0 Å². The molecule has 0 fully saturated rings. The molecule has 4 rings (SSSR count). The zero-order valence-corrected chi connectivity index (χ0v) is 11.5. The largest absolute Gasteiger partial charge is 0.333 e. The molecule has 0 radical (unpaired) electrons. The molecule has 1 nitrogen and oxygen atoms in total. The predicted molar refractivity (Wildman–Crippen MR) is 88.0 cm³/mol. The average Bonchev–Trinajstić information content (AvgIpc) is 2.82. The highest BCUT2D eigenvalue weighted by atomic mass is 15.2. The molecule has 0 N–H and O–H groups in total. The summed E-state index contributed by atoms with van der Waals surface area (Å²) in [7, 11) is 2.17. The van der Waals surface area contributed by atoms with Gasteiger partial charge in [0, 0.05) is 17.3 Å². The summed E-state index contributed by atoms with van der Waals surface area (Å²) in [6.45, 7) is 0. The number of hydrogen-bond acceptors (Lipinski definition) is 1. The lowest BCUT2D eigenvalue weighted by atomic mass is 9.87. The van der Waals surface area contributed by atoms with Crippen LogP contribution in [0.5, 0.6) is 0 Å². The highest BCUT2D eigenvalue weighted by Gasteiger charge is 2.36. The molecule has 2 aromatic rings. The molecule has 1 aliphatic heterocycles. The summed E-state index contributed by atoms with van der Waals surface area (Å²) in [5.74, 6) is 0.468. The van der Waals surface area contributed by atoms with Crippen molar-refractivity contribution in [2.45, 2.75) is 12.0 Å². The van der Waals surface area contributed by atoms with Gasteiger partial charge in [-0.05, 0) is 23.8 Å². The summed E-state index contributed by atoms with van der Waals surface area (Å²) in [5, 5.41) is 0. The number of allylic oxidation sites excluding steroid dienone is 2. The third kappa shape index (κ3) is 1.65. The van der Waals surface area contributed by atoms with Crippen molar-refractivity contribution in [3.63, 3.8) is 0 Å². The van der Waals surface area contributed by atoms with Gasteiger partial charge < -0.3 is 4.90 Å². The number of benzene rings is 2. The summed E-state index contributed by atoms with van der Waals surface area (Å²) < 4.78 is 0. The summed E-state index contributed by atoms with van der Waals surface area (Å²) in [6, 6.07) is 17.9. The Hall–Kier alpha value is -2.22. The lowest BCUT2D eigenvalue weighted by Crippen LogP contribution is -2.28. The van der Waals surface area contributed by atoms with E-state index >= 15 is 0 Å². The first-order valence-corrected chi connectivity index (χ1v) is 7.14. The highest BCUT2D eigenvalue weighted by molar-refractivity contribution is 6.32. The van der Waals surface area contributed by atoms with Crippen molar-refractivity contribution in [2.75, 3.05) is 4.90 Å². The van der Waals surface area contributed by atoms with Gasteiger partial charge in [0.1, 0.15) is 7.85 Å². The quantitative estimate of drug-likeness (QED) is 0.710. The minimum absolute atomic E-state index is 0.402. The van der Waals surface area contributed by atoms with Crippen molar-refractivity contribution in [1.29, 1.82) is 0 Å². The number of nitrogens with zero attached hydrogens (tertiary/aromatic N) is 1. The van der Waals surface area contributed by atoms with E-state index in [4.69, 9.17) is 0 Å². The van der Waals surface area contributed by atoms with Crippen LogP contribution in [0, 0.1) is 0 Å². The maximum absolute atomic E-state index is 2.46. The van der Waals surface area contributed by atoms with Crippen LogP contribution in [0.3, 0.4) is 0 Å². The SMILES string of the molecule is Bc1ccc2c(c1)C1C=CC=CC1N2c1ccccc1. The number of hydrogen-bond donors (Lipinski definition) is 0. The van der Waals surface area contributed by atoms with Crippen molar-refractivity contribution in [3.05, 3.63) is 78.4 Å². The minimum Gasteiger partial charge on any atom is -0.333 e. The molecular formula is C18H16BN. The van der Waals surface area contributed by atoms with Gasteiger partial charge in [-0.1, -0.05) is 60.1 Å². The molecule has 0 amide bonds. The van der Waals surface area contributed by atoms with E-state index in [0.717, 1.165) is 0 Å². The van der Waals surface area contributed by atoms with E-state index in [1.54, 1.807) is 0 Å². The summed E-state index contributed by atoms with van der Waals surface area (Å²) in [6.07, 6.45) is 8.97. The molecule has 96 valence electrons. The fraction of sp³-hybridized carbons (Fsp3) is 0.111. The Balaban J connectivity index is 1.91. The second kappa shape index (κ2) is 4.41. The van der Waals surface area contributed by atoms with E-state index in [1.807, 2.05) is 0 Å². The number of rotatable bonds is 1. The van der Waals surface area contributed by atoms with Crippen LogP contribution in [0.4, 0.5) is 11.4 Å². The van der Waals surface area contributed by atoms with Gasteiger partial charge in [0.25, 0.3) is 0 Å². The van der Waals surface area contributed by atoms with Crippen LogP contribution < -0.4 is 10.4 Å². The average molecular weight is 257 g/mol. The van der Waals surface area contributed by atoms with Crippen LogP contribution >= 0.6 is 0 Å². The van der Waals surface area contributed by atoms with Crippen molar-refractivity contribution >= 4 is 24.7 Å². The molecule has 0 saturated carbocycles. The zero-order valence-electron chi connectivity index (χ0n) is 11.5. The Kier molecular flexibility index (Phi) is 2.56. The number of fused-ring (bicyclic) bond motifs is 3. The third-order valence-corrected chi connectivity index (χ3v) is 4.24. The predicted octanol–water partition coefficient (Wildman–Crippen LogP) is 2.67. The van der Waals surface area contributed by atoms with E-state index in [2.05, 4.69) is 85.6 Å². The fourth-order valence-corrected chi connectivity index (χ4v) is 3.35. The van der Waals surface area contributed by atoms with E-state index < -0.39 is 0 Å². The van der Waals surface area contributed by atoms with Crippen LogP contribution in [0.15, 0.2) is 72.8 Å². The second-order valence-electron chi connectivity index (χ2n) is 5.55. The Morgan fingerprint density at radius 1 is 0.900 bits per heavy atom. The minimum atomic E-state index is 0.402. The van der Waals surface area contributed by atoms with Crippen molar-refractivity contribution < 1.29 is 0 Å². The third-order valence-electron chi connectivity index (χ3n) is 4.24. The van der Waals surface area contributed by atoms with Crippen LogP contribution in [0.2, 0.25) is 0 Å². The molecule has 0 spiro atoms. The lowest BCUT2D eigenvalue weighted by molar-refractivity contribution is 0.745. The van der Waals surface area contributed by atoms with Gasteiger partial charge in [0.05, 0.1) is 6.04 Å². The van der Waals surface area contributed by atoms with Crippen molar-refractivity contribution in [3.8, 4) is 0 Å². The molecule has 0 aromatic heterocycles. The first-order valence-electron chi connectivity index (χ1n) is 7.14. The van der Waals surface area contributed by atoms with Crippen LogP contribution in [0.25, 0.3) is 0 Å². The molecular weight excluding hydrogens is 241 g/mol. The Labute approximate surface area is 120 Å². The number of anilines is 2. The monoisotopic (exact) mass is 257 g/mol. The zero-order chi connectivity index (χ0) is 13.5. The Morgan fingerprint density at radius 3 is 2.55 bits per heavy atom. The molecule has 2 atom stereocenters. The lowest BCUT2D eigenvalue weighted by Gasteiger charge is -2.28. The van der Waals surface area contributed by atoms with Gasteiger partial charge in [-0.2, -0.15) is 0 Å². The molecule has 2 unspecified atom stereocenters. The molecule has 20 heavy (non-hydrogen) atoms. The first kappa shape index (κ1) is 11.6. The van der Waals surface area contributed by atoms with Gasteiger partial charge in [0.2, 0.25) is 0 Å². The van der Waals surface area contributed by atoms with E-state index in [-0.39, 0.29) is 0 Å². The molecule has 2 aliphatic rings. The summed E-state index contributed by atoms with van der Waals surface area (Å²) in [4.78, 5) is 2.46. The second-order valence-corrected chi connectivity index (χ2v) is 5.55.